The number of unbranched alkanes of at least 4 members (excludes halogenated alkanes) is 2. The second-order valence-electron chi connectivity index (χ2n) is 5.96. The van der Waals surface area contributed by atoms with Gasteiger partial charge in [0, 0.05) is 6.42 Å². The van der Waals surface area contributed by atoms with Gasteiger partial charge in [0.2, 0.25) is 5.82 Å². The number of aromatic amines is 1. The van der Waals surface area contributed by atoms with Crippen molar-refractivity contribution in [2.75, 3.05) is 13.2 Å². The molecule has 11 heteroatoms. The van der Waals surface area contributed by atoms with E-state index >= 15 is 0 Å². The summed E-state index contributed by atoms with van der Waals surface area (Å²) < 4.78 is 36.2. The molecule has 0 aliphatic carbocycles. The van der Waals surface area contributed by atoms with Crippen molar-refractivity contribution in [1.82, 2.24) is 9.55 Å². The fourth-order valence-electron chi connectivity index (χ4n) is 2.78. The largest absolute Gasteiger partial charge is 0.573 e. The van der Waals surface area contributed by atoms with E-state index in [1.165, 1.54) is 0 Å². The van der Waals surface area contributed by atoms with Gasteiger partial charge in [0.25, 0.3) is 5.56 Å². The lowest BCUT2D eigenvalue weighted by Crippen LogP contribution is -2.35. The number of ether oxygens (including phenoxy) is 1. The van der Waals surface area contributed by atoms with Gasteiger partial charge in [-0.2, -0.15) is 18.3 Å². The van der Waals surface area contributed by atoms with E-state index in [0.717, 1.165) is 30.0 Å². The van der Waals surface area contributed by atoms with E-state index in [9.17, 15) is 18.9 Å². The highest BCUT2D eigenvalue weighted by molar-refractivity contribution is 7.55. The number of H-pyrrole nitrogens is 1. The lowest BCUT2D eigenvalue weighted by molar-refractivity contribution is -0.0819. The van der Waals surface area contributed by atoms with E-state index < -0.39 is 43.7 Å². The van der Waals surface area contributed by atoms with Crippen molar-refractivity contribution >= 4 is 8.17 Å². The third-order valence-electron chi connectivity index (χ3n) is 4.09. The molecule has 140 valence electrons. The summed E-state index contributed by atoms with van der Waals surface area (Å²) in [5.74, 6) is -1.08. The standard InChI is InChI=1S/C14H20FN2O7P/c1-2-3-4-5-21-25(20)22-8-11-10(24-25)6-12(23-11)17-7-9(15)13(18)16-14(17)19/h7,10-12,20H,2-6,8H2,1H3/p+1/t10-,11+,12+,25?/m0/s1. The minimum absolute atomic E-state index is 0.0415. The average molecular weight is 379 g/mol. The Kier molecular flexibility index (Phi) is 5.67. The zero-order valence-electron chi connectivity index (χ0n) is 13.7. The molecule has 3 rings (SSSR count). The molecular weight excluding hydrogens is 358 g/mol. The van der Waals surface area contributed by atoms with Crippen molar-refractivity contribution in [3.8, 4) is 0 Å². The predicted molar refractivity (Wildman–Crippen MR) is 85.2 cm³/mol. The van der Waals surface area contributed by atoms with Crippen LogP contribution in [0.4, 0.5) is 4.39 Å². The lowest BCUT2D eigenvalue weighted by Gasteiger charge is -2.26. The molecule has 0 bridgehead atoms. The van der Waals surface area contributed by atoms with Crippen LogP contribution in [0.1, 0.15) is 38.8 Å². The molecule has 2 saturated heterocycles. The summed E-state index contributed by atoms with van der Waals surface area (Å²) in [6, 6.07) is 0. The number of aromatic nitrogens is 2. The smallest absolute Gasteiger partial charge is 0.349 e. The molecule has 0 aromatic carbocycles. The maximum Gasteiger partial charge on any atom is 0.573 e. The summed E-state index contributed by atoms with van der Waals surface area (Å²) in [4.78, 5) is 35.2. The number of rotatable bonds is 6. The Bertz CT molecular complexity index is 726. The van der Waals surface area contributed by atoms with Gasteiger partial charge in [-0.15, -0.1) is 4.52 Å². The van der Waals surface area contributed by atoms with Crippen LogP contribution in [0.3, 0.4) is 0 Å². The first-order valence-electron chi connectivity index (χ1n) is 8.17. The fraction of sp³-hybridized carbons (Fsp3) is 0.714. The number of fused-ring (bicyclic) bond motifs is 1. The maximum absolute atomic E-state index is 13.4. The van der Waals surface area contributed by atoms with Gasteiger partial charge >= 0.3 is 13.9 Å². The Morgan fingerprint density at radius 3 is 3.00 bits per heavy atom. The molecule has 0 radical (unpaired) electrons. The van der Waals surface area contributed by atoms with Crippen molar-refractivity contribution < 1.29 is 27.6 Å². The summed E-state index contributed by atoms with van der Waals surface area (Å²) in [5.41, 5.74) is -1.87. The number of nitrogens with zero attached hydrogens (tertiary/aromatic N) is 1. The van der Waals surface area contributed by atoms with Crippen LogP contribution in [-0.2, 0) is 18.3 Å². The van der Waals surface area contributed by atoms with Crippen molar-refractivity contribution in [3.05, 3.63) is 32.9 Å². The number of nitrogens with one attached hydrogen (secondary N) is 1. The van der Waals surface area contributed by atoms with Crippen LogP contribution in [-0.4, -0.2) is 39.9 Å². The molecule has 2 aliphatic rings. The zero-order valence-corrected chi connectivity index (χ0v) is 14.6. The molecule has 1 unspecified atom stereocenters. The summed E-state index contributed by atoms with van der Waals surface area (Å²) in [7, 11) is -3.42. The van der Waals surface area contributed by atoms with Crippen LogP contribution >= 0.6 is 8.17 Å². The highest BCUT2D eigenvalue weighted by atomic mass is 31.2. The van der Waals surface area contributed by atoms with Crippen LogP contribution in [0.15, 0.2) is 15.8 Å². The average Bonchev–Trinajstić information content (AvgIpc) is 2.97. The van der Waals surface area contributed by atoms with Crippen LogP contribution in [0.25, 0.3) is 0 Å². The Balaban J connectivity index is 1.65. The molecule has 0 saturated carbocycles. The van der Waals surface area contributed by atoms with E-state index in [-0.39, 0.29) is 13.0 Å². The second kappa shape index (κ2) is 7.61. The van der Waals surface area contributed by atoms with E-state index in [1.807, 2.05) is 4.98 Å². The number of halogens is 1. The quantitative estimate of drug-likeness (QED) is 0.565. The van der Waals surface area contributed by atoms with Gasteiger partial charge in [0.05, 0.1) is 6.20 Å². The summed E-state index contributed by atoms with van der Waals surface area (Å²) in [6.45, 7) is 2.42. The molecule has 2 N–H and O–H groups in total. The topological polar surface area (TPSA) is 112 Å². The highest BCUT2D eigenvalue weighted by Gasteiger charge is 2.57. The van der Waals surface area contributed by atoms with Gasteiger partial charge in [-0.1, -0.05) is 19.8 Å². The molecule has 4 atom stereocenters. The van der Waals surface area contributed by atoms with Crippen molar-refractivity contribution in [1.29, 1.82) is 0 Å². The van der Waals surface area contributed by atoms with Crippen molar-refractivity contribution in [3.63, 3.8) is 0 Å². The van der Waals surface area contributed by atoms with Crippen LogP contribution in [0, 0.1) is 5.82 Å². The zero-order chi connectivity index (χ0) is 18.0. The van der Waals surface area contributed by atoms with Gasteiger partial charge in [0.15, 0.2) is 0 Å². The van der Waals surface area contributed by atoms with Crippen LogP contribution < -0.4 is 11.2 Å². The summed E-state index contributed by atoms with van der Waals surface area (Å²) in [6.07, 6.45) is 1.86. The van der Waals surface area contributed by atoms with Gasteiger partial charge in [-0.05, 0) is 6.42 Å². The lowest BCUT2D eigenvalue weighted by atomic mass is 10.2. The van der Waals surface area contributed by atoms with Gasteiger partial charge < -0.3 is 4.74 Å². The molecule has 1 aromatic heterocycles. The Morgan fingerprint density at radius 2 is 2.24 bits per heavy atom. The first kappa shape index (κ1) is 18.6. The van der Waals surface area contributed by atoms with E-state index in [2.05, 4.69) is 6.92 Å². The van der Waals surface area contributed by atoms with Gasteiger partial charge in [-0.3, -0.25) is 14.3 Å². The van der Waals surface area contributed by atoms with E-state index in [0.29, 0.717) is 6.61 Å². The molecule has 25 heavy (non-hydrogen) atoms. The first-order valence-corrected chi connectivity index (χ1v) is 9.67. The predicted octanol–water partition coefficient (Wildman–Crippen LogP) is 1.26. The minimum atomic E-state index is -3.42. The van der Waals surface area contributed by atoms with E-state index in [4.69, 9.17) is 18.3 Å². The molecule has 0 spiro atoms. The second-order valence-corrected chi connectivity index (χ2v) is 7.62. The molecule has 3 heterocycles. The summed E-state index contributed by atoms with van der Waals surface area (Å²) in [5, 5.41) is 0. The monoisotopic (exact) mass is 379 g/mol. The third kappa shape index (κ3) is 4.16. The molecular formula is C14H21FN2O7P+. The molecule has 0 amide bonds. The minimum Gasteiger partial charge on any atom is -0.349 e. The Hall–Kier alpha value is -1.16. The van der Waals surface area contributed by atoms with Gasteiger partial charge in [-0.25, -0.2) is 4.79 Å². The fourth-order valence-corrected chi connectivity index (χ4v) is 4.23. The van der Waals surface area contributed by atoms with Crippen LogP contribution in [0.2, 0.25) is 0 Å². The highest BCUT2D eigenvalue weighted by Crippen LogP contribution is 2.63. The van der Waals surface area contributed by atoms with Crippen molar-refractivity contribution in [2.24, 2.45) is 0 Å². The van der Waals surface area contributed by atoms with Crippen LogP contribution in [0.5, 0.6) is 0 Å². The Labute approximate surface area is 143 Å². The first-order chi connectivity index (χ1) is 11.9. The SMILES string of the molecule is CCCCCO[P+]1(O)OC[C@H]2O[C@@H](n3cc(F)c(=O)[nH]c3=O)C[C@@H]2O1. The number of hydrogen-bond acceptors (Lipinski definition) is 7. The Morgan fingerprint density at radius 1 is 1.44 bits per heavy atom. The van der Waals surface area contributed by atoms with E-state index in [1.54, 1.807) is 0 Å². The molecule has 2 fully saturated rings. The van der Waals surface area contributed by atoms with Gasteiger partial charge in [0.1, 0.15) is 31.6 Å². The van der Waals surface area contributed by atoms with Crippen molar-refractivity contribution in [2.45, 2.75) is 51.0 Å². The maximum atomic E-state index is 13.4. The third-order valence-corrected chi connectivity index (χ3v) is 5.61. The normalized spacial score (nSPS) is 31.9. The molecule has 1 aromatic rings. The molecule has 9 nitrogen and oxygen atoms in total. The number of hydrogen-bond donors (Lipinski definition) is 2. The summed E-state index contributed by atoms with van der Waals surface area (Å²) >= 11 is 0. The molecule has 2 aliphatic heterocycles.